The number of amides is 2. The van der Waals surface area contributed by atoms with Gasteiger partial charge in [0.1, 0.15) is 0 Å². The highest BCUT2D eigenvalue weighted by Gasteiger charge is 2.34. The van der Waals surface area contributed by atoms with Gasteiger partial charge >= 0.3 is 0 Å². The molecule has 0 fully saturated rings. The number of benzene rings is 2. The number of nitro benzene ring substituents is 1. The van der Waals surface area contributed by atoms with E-state index in [1.165, 1.54) is 12.1 Å². The van der Waals surface area contributed by atoms with Crippen molar-refractivity contribution in [3.05, 3.63) is 63.7 Å². The quantitative estimate of drug-likeness (QED) is 0.278. The van der Waals surface area contributed by atoms with Crippen LogP contribution in [0.4, 0.5) is 5.69 Å². The molecule has 130 valence electrons. The summed E-state index contributed by atoms with van der Waals surface area (Å²) < 4.78 is 0. The van der Waals surface area contributed by atoms with Crippen molar-refractivity contribution in [1.29, 1.82) is 0 Å². The molecule has 1 aliphatic heterocycles. The van der Waals surface area contributed by atoms with Gasteiger partial charge in [-0.15, -0.1) is 0 Å². The Morgan fingerprint density at radius 3 is 2.58 bits per heavy atom. The molecule has 7 nitrogen and oxygen atoms in total. The van der Waals surface area contributed by atoms with Crippen molar-refractivity contribution in [2.24, 2.45) is 11.0 Å². The third-order valence-corrected chi connectivity index (χ3v) is 4.76. The van der Waals surface area contributed by atoms with E-state index >= 15 is 0 Å². The standard InChI is InChI=1S/C19H15N3O4/c23-18-14-8-4-7-13-16(22(25)26)10-9-15(17(13)14)19(24)21(18)20-11-12-5-2-1-3-6-12/h1-2,4,7-12H,3,5-6H2/t12-/m1/s1. The summed E-state index contributed by atoms with van der Waals surface area (Å²) in [6, 6.07) is 7.38. The van der Waals surface area contributed by atoms with Crippen LogP contribution in [0, 0.1) is 16.0 Å². The summed E-state index contributed by atoms with van der Waals surface area (Å²) in [5.74, 6) is -0.929. The molecule has 4 rings (SSSR count). The van der Waals surface area contributed by atoms with Crippen molar-refractivity contribution in [3.63, 3.8) is 0 Å². The zero-order valence-electron chi connectivity index (χ0n) is 13.8. The highest BCUT2D eigenvalue weighted by Crippen LogP contribution is 2.35. The second-order valence-corrected chi connectivity index (χ2v) is 6.35. The number of carbonyl (C=O) groups is 2. The second kappa shape index (κ2) is 6.18. The summed E-state index contributed by atoms with van der Waals surface area (Å²) >= 11 is 0. The van der Waals surface area contributed by atoms with E-state index in [2.05, 4.69) is 17.3 Å². The molecule has 0 spiro atoms. The first-order valence-corrected chi connectivity index (χ1v) is 8.36. The summed E-state index contributed by atoms with van der Waals surface area (Å²) in [5.41, 5.74) is 0.375. The van der Waals surface area contributed by atoms with Gasteiger partial charge in [0.05, 0.1) is 21.4 Å². The molecule has 1 atom stereocenters. The van der Waals surface area contributed by atoms with Crippen LogP contribution in [0.15, 0.2) is 47.6 Å². The molecule has 7 heteroatoms. The Balaban J connectivity index is 1.79. The van der Waals surface area contributed by atoms with Gasteiger partial charge in [-0.3, -0.25) is 19.7 Å². The summed E-state index contributed by atoms with van der Waals surface area (Å²) in [4.78, 5) is 36.3. The lowest BCUT2D eigenvalue weighted by molar-refractivity contribution is -0.383. The number of nitrogens with zero attached hydrogens (tertiary/aromatic N) is 3. The molecule has 1 aliphatic carbocycles. The van der Waals surface area contributed by atoms with Gasteiger partial charge in [0.15, 0.2) is 0 Å². The predicted octanol–water partition coefficient (Wildman–Crippen LogP) is 3.69. The Kier molecular flexibility index (Phi) is 3.84. The van der Waals surface area contributed by atoms with Crippen LogP contribution in [0.2, 0.25) is 0 Å². The van der Waals surface area contributed by atoms with Crippen molar-refractivity contribution in [2.45, 2.75) is 19.3 Å². The van der Waals surface area contributed by atoms with Crippen LogP contribution in [-0.2, 0) is 0 Å². The van der Waals surface area contributed by atoms with E-state index in [0.29, 0.717) is 5.39 Å². The van der Waals surface area contributed by atoms with Crippen LogP contribution in [0.3, 0.4) is 0 Å². The Labute approximate surface area is 148 Å². The Bertz CT molecular complexity index is 987. The molecule has 2 aromatic carbocycles. The fourth-order valence-corrected chi connectivity index (χ4v) is 3.45. The molecular formula is C19H15N3O4. The van der Waals surface area contributed by atoms with Gasteiger partial charge in [0.25, 0.3) is 17.5 Å². The average Bonchev–Trinajstić information content (AvgIpc) is 2.66. The van der Waals surface area contributed by atoms with Crippen LogP contribution in [-0.4, -0.2) is 28.0 Å². The van der Waals surface area contributed by atoms with Crippen LogP contribution in [0.5, 0.6) is 0 Å². The minimum atomic E-state index is -0.559. The number of hydrazone groups is 1. The number of allylic oxidation sites excluding steroid dienone is 2. The van der Waals surface area contributed by atoms with Crippen molar-refractivity contribution >= 4 is 34.5 Å². The Morgan fingerprint density at radius 2 is 1.88 bits per heavy atom. The maximum atomic E-state index is 12.8. The van der Waals surface area contributed by atoms with E-state index in [-0.39, 0.29) is 28.1 Å². The van der Waals surface area contributed by atoms with Crippen molar-refractivity contribution in [2.75, 3.05) is 0 Å². The van der Waals surface area contributed by atoms with E-state index in [1.54, 1.807) is 24.4 Å². The van der Waals surface area contributed by atoms with Crippen LogP contribution in [0.25, 0.3) is 10.8 Å². The van der Waals surface area contributed by atoms with Gasteiger partial charge in [0.2, 0.25) is 0 Å². The highest BCUT2D eigenvalue weighted by atomic mass is 16.6. The largest absolute Gasteiger partial charge is 0.282 e. The van der Waals surface area contributed by atoms with E-state index in [0.717, 1.165) is 24.3 Å². The molecule has 2 aromatic rings. The van der Waals surface area contributed by atoms with Crippen molar-refractivity contribution in [3.8, 4) is 0 Å². The third-order valence-electron chi connectivity index (χ3n) is 4.76. The Hall–Kier alpha value is -3.35. The molecule has 0 aromatic heterocycles. The number of imide groups is 1. The second-order valence-electron chi connectivity index (χ2n) is 6.35. The number of rotatable bonds is 3. The highest BCUT2D eigenvalue weighted by molar-refractivity contribution is 6.26. The minimum Gasteiger partial charge on any atom is -0.267 e. The molecule has 2 amide bonds. The summed E-state index contributed by atoms with van der Waals surface area (Å²) in [7, 11) is 0. The molecule has 0 unspecified atom stereocenters. The van der Waals surface area contributed by atoms with Crippen LogP contribution in [0.1, 0.15) is 40.0 Å². The van der Waals surface area contributed by atoms with E-state index < -0.39 is 16.7 Å². The number of hydrogen-bond acceptors (Lipinski definition) is 5. The first-order valence-electron chi connectivity index (χ1n) is 8.36. The van der Waals surface area contributed by atoms with Gasteiger partial charge in [-0.2, -0.15) is 10.1 Å². The van der Waals surface area contributed by atoms with Gasteiger partial charge in [0, 0.05) is 17.7 Å². The molecular weight excluding hydrogens is 334 g/mol. The number of hydrogen-bond donors (Lipinski definition) is 0. The molecule has 0 bridgehead atoms. The lowest BCUT2D eigenvalue weighted by atomic mass is 9.94. The smallest absolute Gasteiger partial charge is 0.267 e. The Morgan fingerprint density at radius 1 is 1.12 bits per heavy atom. The third kappa shape index (κ3) is 2.48. The molecule has 1 heterocycles. The van der Waals surface area contributed by atoms with Crippen molar-refractivity contribution < 1.29 is 14.5 Å². The fraction of sp³-hybridized carbons (Fsp3) is 0.211. The minimum absolute atomic E-state index is 0.128. The molecule has 0 N–H and O–H groups in total. The monoisotopic (exact) mass is 349 g/mol. The van der Waals surface area contributed by atoms with E-state index in [1.807, 2.05) is 0 Å². The van der Waals surface area contributed by atoms with Gasteiger partial charge in [-0.25, -0.2) is 0 Å². The fourth-order valence-electron chi connectivity index (χ4n) is 3.45. The average molecular weight is 349 g/mol. The summed E-state index contributed by atoms with van der Waals surface area (Å²) in [6.45, 7) is 0. The lowest BCUT2D eigenvalue weighted by Crippen LogP contribution is -2.36. The normalized spacial score (nSPS) is 19.5. The maximum absolute atomic E-state index is 12.8. The number of non-ortho nitro benzene ring substituents is 1. The topological polar surface area (TPSA) is 92.9 Å². The SMILES string of the molecule is O=C1c2cccc3c([N+](=O)[O-])ccc(c23)C(=O)N1N=C[C@@H]1CC=CCC1. The number of carbonyl (C=O) groups excluding carboxylic acids is 2. The molecule has 26 heavy (non-hydrogen) atoms. The van der Waals surface area contributed by atoms with Crippen LogP contribution < -0.4 is 0 Å². The molecule has 2 aliphatic rings. The zero-order chi connectivity index (χ0) is 18.3. The molecule has 0 saturated carbocycles. The van der Waals surface area contributed by atoms with Gasteiger partial charge in [-0.1, -0.05) is 18.2 Å². The van der Waals surface area contributed by atoms with Crippen molar-refractivity contribution in [1.82, 2.24) is 5.01 Å². The first-order chi connectivity index (χ1) is 12.6. The van der Waals surface area contributed by atoms with Crippen LogP contribution >= 0.6 is 0 Å². The summed E-state index contributed by atoms with van der Waals surface area (Å²) in [5, 5.41) is 16.9. The van der Waals surface area contributed by atoms with Gasteiger partial charge in [-0.05, 0) is 43.4 Å². The zero-order valence-corrected chi connectivity index (χ0v) is 13.8. The maximum Gasteiger partial charge on any atom is 0.282 e. The summed E-state index contributed by atoms with van der Waals surface area (Å²) in [6.07, 6.45) is 8.52. The lowest BCUT2D eigenvalue weighted by Gasteiger charge is -2.23. The number of nitro groups is 1. The molecule has 0 radical (unpaired) electrons. The van der Waals surface area contributed by atoms with E-state index in [4.69, 9.17) is 0 Å². The van der Waals surface area contributed by atoms with Gasteiger partial charge < -0.3 is 0 Å². The predicted molar refractivity (Wildman–Crippen MR) is 96.1 cm³/mol. The van der Waals surface area contributed by atoms with E-state index in [9.17, 15) is 19.7 Å². The molecule has 0 saturated heterocycles. The first kappa shape index (κ1) is 16.1.